The topological polar surface area (TPSA) is 332 Å². The fraction of sp³-hybridized carbons (Fsp3) is 0.955. The Morgan fingerprint density at radius 3 is 2.20 bits per heavy atom. The Balaban J connectivity index is 2.30. The average molecular weight is 588 g/mol. The van der Waals surface area contributed by atoms with Crippen molar-refractivity contribution in [1.82, 2.24) is 5.32 Å². The third-order valence-corrected chi connectivity index (χ3v) is 6.99. The first-order chi connectivity index (χ1) is 18.8. The maximum atomic E-state index is 12.4. The molecule has 17 N–H and O–H groups in total. The molecule has 236 valence electrons. The summed E-state index contributed by atoms with van der Waals surface area (Å²) in [7, 11) is 0. The van der Waals surface area contributed by atoms with E-state index in [-0.39, 0.29) is 13.0 Å². The highest BCUT2D eigenvalue weighted by atomic mass is 16.7. The molecule has 1 heterocycles. The highest BCUT2D eigenvalue weighted by Crippen LogP contribution is 2.30. The normalized spacial score (nSPS) is 38.7. The van der Waals surface area contributed by atoms with Crippen LogP contribution in [0.3, 0.4) is 0 Å². The molecule has 1 amide bonds. The summed E-state index contributed by atoms with van der Waals surface area (Å²) < 4.78 is 22.5. The zero-order chi connectivity index (χ0) is 30.3. The van der Waals surface area contributed by atoms with E-state index >= 15 is 0 Å². The number of hydrogen-bond acceptors (Lipinski definition) is 17. The molecular formula is C22H45N5O13. The van der Waals surface area contributed by atoms with E-state index in [1.807, 2.05) is 0 Å². The molecule has 0 bridgehead atoms. The largest absolute Gasteiger partial charge is 0.394 e. The molecule has 18 nitrogen and oxygen atoms in total. The van der Waals surface area contributed by atoms with Crippen molar-refractivity contribution in [2.24, 2.45) is 22.9 Å². The first-order valence-corrected chi connectivity index (χ1v) is 12.9. The minimum absolute atomic E-state index is 0.134. The number of carbonyl (C=O) groups is 1. The van der Waals surface area contributed by atoms with Crippen molar-refractivity contribution in [1.29, 1.82) is 0 Å². The zero-order valence-electron chi connectivity index (χ0n) is 22.1. The van der Waals surface area contributed by atoms with Gasteiger partial charge in [0.1, 0.15) is 54.9 Å². The van der Waals surface area contributed by atoms with Crippen molar-refractivity contribution >= 4 is 5.91 Å². The van der Waals surface area contributed by atoms with Gasteiger partial charge in [-0.05, 0) is 13.3 Å². The number of aliphatic hydroxyl groups is 8. The molecule has 2 fully saturated rings. The van der Waals surface area contributed by atoms with Gasteiger partial charge in [0.15, 0.2) is 12.6 Å². The lowest BCUT2D eigenvalue weighted by atomic mass is 9.83. The van der Waals surface area contributed by atoms with Gasteiger partial charge < -0.3 is 88.1 Å². The predicted molar refractivity (Wildman–Crippen MR) is 134 cm³/mol. The molecular weight excluding hydrogens is 542 g/mol. The van der Waals surface area contributed by atoms with Crippen LogP contribution in [0.5, 0.6) is 0 Å². The monoisotopic (exact) mass is 587 g/mol. The van der Waals surface area contributed by atoms with Crippen LogP contribution in [-0.4, -0.2) is 165 Å². The summed E-state index contributed by atoms with van der Waals surface area (Å²) in [6, 6.07) is -3.44. The zero-order valence-corrected chi connectivity index (χ0v) is 22.1. The standard InChI is InChI=1S/C22H45N5O13/c1-7(30)15(32)11(4-24)37-13(6-29)39-19-8(25)2-9(27-21(36)10(31)3-23)20(18(19)35)40-22-17(34)14(26)16(33)12(5-28)38-22/h7-20,22,28-35H,2-6,23-26H2,1H3,(H,27,36)/t7?,8-,9?,10?,11?,12?,13?,14?,15+,16-,17?,18+,19?,20?,22-/m1/s1. The number of hydrogen-bond donors (Lipinski definition) is 13. The van der Waals surface area contributed by atoms with E-state index in [2.05, 4.69) is 5.32 Å². The Kier molecular flexibility index (Phi) is 13.9. The average Bonchev–Trinajstić information content (AvgIpc) is 2.93. The molecule has 0 aromatic rings. The minimum atomic E-state index is -1.70. The van der Waals surface area contributed by atoms with E-state index < -0.39 is 117 Å². The minimum Gasteiger partial charge on any atom is -0.394 e. The Morgan fingerprint density at radius 2 is 1.68 bits per heavy atom. The van der Waals surface area contributed by atoms with Crippen molar-refractivity contribution in [2.45, 2.75) is 105 Å². The molecule has 10 unspecified atom stereocenters. The van der Waals surface area contributed by atoms with Crippen LogP contribution in [0.2, 0.25) is 0 Å². The van der Waals surface area contributed by atoms with Crippen molar-refractivity contribution in [3.63, 3.8) is 0 Å². The van der Waals surface area contributed by atoms with E-state index in [0.29, 0.717) is 0 Å². The van der Waals surface area contributed by atoms with Gasteiger partial charge >= 0.3 is 0 Å². The molecule has 2 rings (SSSR count). The van der Waals surface area contributed by atoms with Gasteiger partial charge in [-0.3, -0.25) is 4.79 Å². The second kappa shape index (κ2) is 15.9. The van der Waals surface area contributed by atoms with E-state index in [4.69, 9.17) is 41.9 Å². The first kappa shape index (κ1) is 35.0. The second-order valence-corrected chi connectivity index (χ2v) is 10.00. The number of carbonyl (C=O) groups excluding carboxylic acids is 1. The van der Waals surface area contributed by atoms with Crippen LogP contribution < -0.4 is 28.3 Å². The SMILES string of the molecule is CC(O)[C@H](O)C(CN)OC(CO)OC1[C@H](O)C(O[C@H]2OC(CO)[C@@H](O)C(N)C2O)C(NC(=O)C(O)CN)C[C@H]1N. The van der Waals surface area contributed by atoms with Crippen molar-refractivity contribution in [3.8, 4) is 0 Å². The van der Waals surface area contributed by atoms with Crippen LogP contribution in [0.4, 0.5) is 0 Å². The summed E-state index contributed by atoms with van der Waals surface area (Å²) in [6.07, 6.45) is -17.5. The second-order valence-electron chi connectivity index (χ2n) is 10.00. The van der Waals surface area contributed by atoms with Gasteiger partial charge in [0, 0.05) is 19.1 Å². The van der Waals surface area contributed by atoms with Crippen molar-refractivity contribution in [2.75, 3.05) is 26.3 Å². The maximum absolute atomic E-state index is 12.4. The lowest BCUT2D eigenvalue weighted by molar-refractivity contribution is -0.314. The highest BCUT2D eigenvalue weighted by molar-refractivity contribution is 5.81. The van der Waals surface area contributed by atoms with Crippen LogP contribution in [0.1, 0.15) is 13.3 Å². The summed E-state index contributed by atoms with van der Waals surface area (Å²) in [5.74, 6) is -0.903. The third kappa shape index (κ3) is 8.44. The summed E-state index contributed by atoms with van der Waals surface area (Å²) >= 11 is 0. The Labute approximate surface area is 230 Å². The molecule has 1 saturated carbocycles. The highest BCUT2D eigenvalue weighted by Gasteiger charge is 2.50. The lowest BCUT2D eigenvalue weighted by Gasteiger charge is -2.47. The molecule has 1 saturated heterocycles. The maximum Gasteiger partial charge on any atom is 0.250 e. The Hall–Kier alpha value is -1.17. The van der Waals surface area contributed by atoms with Gasteiger partial charge in [0.05, 0.1) is 31.4 Å². The number of amides is 1. The van der Waals surface area contributed by atoms with Crippen LogP contribution in [0.25, 0.3) is 0 Å². The first-order valence-electron chi connectivity index (χ1n) is 12.9. The molecule has 0 radical (unpaired) electrons. The van der Waals surface area contributed by atoms with Crippen molar-refractivity contribution in [3.05, 3.63) is 0 Å². The molecule has 0 spiro atoms. The van der Waals surface area contributed by atoms with Gasteiger partial charge in [0.25, 0.3) is 0 Å². The summed E-state index contributed by atoms with van der Waals surface area (Å²) in [5.41, 5.74) is 23.0. The van der Waals surface area contributed by atoms with Gasteiger partial charge in [-0.15, -0.1) is 0 Å². The Bertz CT molecular complexity index is 771. The van der Waals surface area contributed by atoms with Crippen LogP contribution in [0.15, 0.2) is 0 Å². The fourth-order valence-corrected chi connectivity index (χ4v) is 4.58. The smallest absolute Gasteiger partial charge is 0.250 e. The number of rotatable bonds is 14. The van der Waals surface area contributed by atoms with E-state index in [0.717, 1.165) is 0 Å². The number of nitrogens with two attached hydrogens (primary N) is 4. The molecule has 1 aliphatic carbocycles. The molecule has 1 aliphatic heterocycles. The van der Waals surface area contributed by atoms with Gasteiger partial charge in [-0.25, -0.2) is 0 Å². The van der Waals surface area contributed by atoms with Crippen molar-refractivity contribution < 1.29 is 64.6 Å². The molecule has 18 heteroatoms. The van der Waals surface area contributed by atoms with Crippen LogP contribution in [0, 0.1) is 0 Å². The van der Waals surface area contributed by atoms with Gasteiger partial charge in [-0.1, -0.05) is 0 Å². The molecule has 2 aliphatic rings. The predicted octanol–water partition coefficient (Wildman–Crippen LogP) is -8.18. The third-order valence-electron chi connectivity index (χ3n) is 6.99. The number of ether oxygens (including phenoxy) is 4. The lowest BCUT2D eigenvalue weighted by Crippen LogP contribution is -2.69. The number of aliphatic hydroxyl groups excluding tert-OH is 8. The van der Waals surface area contributed by atoms with Crippen LogP contribution >= 0.6 is 0 Å². The van der Waals surface area contributed by atoms with E-state index in [1.54, 1.807) is 0 Å². The molecule has 40 heavy (non-hydrogen) atoms. The van der Waals surface area contributed by atoms with E-state index in [9.17, 15) is 45.6 Å². The molecule has 15 atom stereocenters. The Morgan fingerprint density at radius 1 is 1.02 bits per heavy atom. The van der Waals surface area contributed by atoms with E-state index in [1.165, 1.54) is 6.92 Å². The summed E-state index contributed by atoms with van der Waals surface area (Å²) in [5, 5.41) is 83.4. The van der Waals surface area contributed by atoms with Gasteiger partial charge in [0.2, 0.25) is 5.91 Å². The number of nitrogens with one attached hydrogen (secondary N) is 1. The fourth-order valence-electron chi connectivity index (χ4n) is 4.58. The van der Waals surface area contributed by atoms with Gasteiger partial charge in [-0.2, -0.15) is 0 Å². The summed E-state index contributed by atoms with van der Waals surface area (Å²) in [4.78, 5) is 12.4. The quantitative estimate of drug-likeness (QED) is 0.0838. The van der Waals surface area contributed by atoms with Crippen LogP contribution in [-0.2, 0) is 23.7 Å². The summed E-state index contributed by atoms with van der Waals surface area (Å²) in [6.45, 7) is -0.815. The molecule has 0 aromatic heterocycles. The molecule has 0 aromatic carbocycles.